The number of nitrogens with zero attached hydrogens (tertiary/aromatic N) is 1. The predicted molar refractivity (Wildman–Crippen MR) is 168 cm³/mol. The molecule has 14 heteroatoms. The molecular weight excluding hydrogens is 623 g/mol. The predicted octanol–water partition coefficient (Wildman–Crippen LogP) is 4.59. The summed E-state index contributed by atoms with van der Waals surface area (Å²) in [5, 5.41) is 20.1. The van der Waals surface area contributed by atoms with Crippen molar-refractivity contribution in [2.45, 2.75) is 32.7 Å². The normalized spacial score (nSPS) is 15.1. The lowest BCUT2D eigenvalue weighted by atomic mass is 9.95. The van der Waals surface area contributed by atoms with E-state index in [2.05, 4.69) is 21.2 Å². The Bertz CT molecular complexity index is 1620. The van der Waals surface area contributed by atoms with E-state index in [0.29, 0.717) is 46.4 Å². The van der Waals surface area contributed by atoms with Gasteiger partial charge < -0.3 is 39.4 Å². The number of allylic oxidation sites excluding steroid dienone is 1. The number of methoxy groups -OCH3 is 2. The first-order chi connectivity index (χ1) is 22.1. The Morgan fingerprint density at radius 1 is 1.09 bits per heavy atom. The number of urea groups is 1. The van der Waals surface area contributed by atoms with E-state index in [-0.39, 0.29) is 29.6 Å². The second-order valence-corrected chi connectivity index (χ2v) is 10.3. The van der Waals surface area contributed by atoms with E-state index < -0.39 is 24.3 Å². The number of hydrogen-bond donors (Lipinski definition) is 4. The molecule has 1 aliphatic rings. The number of carbonyl (C=O) groups is 2. The van der Waals surface area contributed by atoms with Gasteiger partial charge in [0.15, 0.2) is 29.2 Å². The summed E-state index contributed by atoms with van der Waals surface area (Å²) in [7, 11) is 2.73. The van der Waals surface area contributed by atoms with E-state index in [0.717, 1.165) is 5.56 Å². The topological polar surface area (TPSA) is 149 Å². The molecule has 0 bridgehead atoms. The third-order valence-corrected chi connectivity index (χ3v) is 6.94. The molecule has 0 saturated heterocycles. The van der Waals surface area contributed by atoms with E-state index in [1.807, 2.05) is 0 Å². The Labute approximate surface area is 270 Å². The number of hydrogen-bond acceptors (Lipinski definition) is 10. The van der Waals surface area contributed by atoms with Crippen molar-refractivity contribution in [1.29, 1.82) is 0 Å². The summed E-state index contributed by atoms with van der Waals surface area (Å²) < 4.78 is 40.8. The van der Waals surface area contributed by atoms with Crippen molar-refractivity contribution in [3.63, 3.8) is 0 Å². The van der Waals surface area contributed by atoms with Crippen molar-refractivity contribution < 1.29 is 42.8 Å². The van der Waals surface area contributed by atoms with E-state index in [1.54, 1.807) is 56.3 Å². The van der Waals surface area contributed by atoms with Crippen LogP contribution in [0.2, 0.25) is 5.02 Å². The summed E-state index contributed by atoms with van der Waals surface area (Å²) in [6.07, 6.45) is 0.227. The second kappa shape index (κ2) is 15.8. The number of hydrazone groups is 1. The third-order valence-electron chi connectivity index (χ3n) is 6.66. The summed E-state index contributed by atoms with van der Waals surface area (Å²) in [6.45, 7) is 3.68. The Morgan fingerprint density at radius 3 is 2.54 bits per heavy atom. The minimum Gasteiger partial charge on any atom is -0.493 e. The first-order valence-corrected chi connectivity index (χ1v) is 14.5. The van der Waals surface area contributed by atoms with Gasteiger partial charge in [0.2, 0.25) is 0 Å². The number of amides is 2. The Morgan fingerprint density at radius 2 is 1.85 bits per heavy atom. The summed E-state index contributed by atoms with van der Waals surface area (Å²) in [5.41, 5.74) is 5.08. The minimum absolute atomic E-state index is 0.158. The van der Waals surface area contributed by atoms with Gasteiger partial charge in [0.25, 0.3) is 0 Å². The molecule has 0 fully saturated rings. The van der Waals surface area contributed by atoms with Crippen LogP contribution in [0.4, 0.5) is 9.18 Å². The quantitative estimate of drug-likeness (QED) is 0.0846. The van der Waals surface area contributed by atoms with E-state index >= 15 is 0 Å². The van der Waals surface area contributed by atoms with Gasteiger partial charge in [-0.3, -0.25) is 5.43 Å². The number of nitrogens with one attached hydrogen (secondary N) is 3. The second-order valence-electron chi connectivity index (χ2n) is 9.86. The molecule has 0 spiro atoms. The van der Waals surface area contributed by atoms with Gasteiger partial charge in [0.05, 0.1) is 43.7 Å². The summed E-state index contributed by atoms with van der Waals surface area (Å²) in [5.74, 6) is 0.415. The molecule has 46 heavy (non-hydrogen) atoms. The molecule has 4 rings (SSSR count). The molecule has 3 aromatic carbocycles. The number of rotatable bonds is 14. The highest BCUT2D eigenvalue weighted by atomic mass is 35.5. The van der Waals surface area contributed by atoms with Crippen molar-refractivity contribution in [2.24, 2.45) is 5.10 Å². The lowest BCUT2D eigenvalue weighted by Gasteiger charge is -2.28. The van der Waals surface area contributed by atoms with E-state index in [4.69, 9.17) is 35.3 Å². The van der Waals surface area contributed by atoms with Gasteiger partial charge in [-0.1, -0.05) is 29.8 Å². The van der Waals surface area contributed by atoms with Crippen molar-refractivity contribution in [3.8, 4) is 23.0 Å². The molecule has 0 aliphatic carbocycles. The lowest BCUT2D eigenvalue weighted by molar-refractivity contribution is -0.136. The number of aliphatic hydroxyl groups excluding tert-OH is 1. The van der Waals surface area contributed by atoms with Crippen LogP contribution in [0.25, 0.3) is 0 Å². The highest BCUT2D eigenvalue weighted by molar-refractivity contribution is 6.32. The van der Waals surface area contributed by atoms with Crippen LogP contribution in [0.15, 0.2) is 71.0 Å². The lowest BCUT2D eigenvalue weighted by Crippen LogP contribution is -2.45. The van der Waals surface area contributed by atoms with Gasteiger partial charge in [0, 0.05) is 5.70 Å². The fourth-order valence-corrected chi connectivity index (χ4v) is 4.78. The van der Waals surface area contributed by atoms with Crippen LogP contribution in [0, 0.1) is 5.82 Å². The Kier molecular flexibility index (Phi) is 11.7. The van der Waals surface area contributed by atoms with Crippen molar-refractivity contribution in [2.75, 3.05) is 27.4 Å². The zero-order valence-corrected chi connectivity index (χ0v) is 26.3. The van der Waals surface area contributed by atoms with Crippen LogP contribution in [-0.2, 0) is 16.1 Å². The molecule has 1 heterocycles. The first kappa shape index (κ1) is 33.9. The van der Waals surface area contributed by atoms with Crippen LogP contribution < -0.4 is 35.0 Å². The number of aliphatic hydroxyl groups is 1. The monoisotopic (exact) mass is 656 g/mol. The van der Waals surface area contributed by atoms with E-state index in [9.17, 15) is 19.1 Å². The zero-order valence-electron chi connectivity index (χ0n) is 25.6. The molecule has 0 aromatic heterocycles. The van der Waals surface area contributed by atoms with Crippen LogP contribution >= 0.6 is 11.6 Å². The molecule has 12 nitrogen and oxygen atoms in total. The minimum atomic E-state index is -1.21. The summed E-state index contributed by atoms with van der Waals surface area (Å²) >= 11 is 6.43. The maximum Gasteiger partial charge on any atom is 0.337 e. The highest BCUT2D eigenvalue weighted by Gasteiger charge is 2.32. The maximum atomic E-state index is 13.2. The van der Waals surface area contributed by atoms with Gasteiger partial charge in [-0.2, -0.15) is 5.10 Å². The van der Waals surface area contributed by atoms with Crippen molar-refractivity contribution >= 4 is 29.8 Å². The molecule has 0 saturated carbocycles. The molecule has 244 valence electrons. The Balaban J connectivity index is 1.38. The number of halogens is 2. The van der Waals surface area contributed by atoms with Gasteiger partial charge in [-0.05, 0) is 66.9 Å². The third kappa shape index (κ3) is 8.58. The van der Waals surface area contributed by atoms with Crippen LogP contribution in [0.1, 0.15) is 36.6 Å². The zero-order chi connectivity index (χ0) is 33.2. The largest absolute Gasteiger partial charge is 0.493 e. The van der Waals surface area contributed by atoms with Crippen molar-refractivity contribution in [1.82, 2.24) is 16.1 Å². The van der Waals surface area contributed by atoms with Gasteiger partial charge in [-0.25, -0.2) is 14.0 Å². The molecule has 2 atom stereocenters. The van der Waals surface area contributed by atoms with Crippen LogP contribution in [0.3, 0.4) is 0 Å². The molecule has 1 aliphatic heterocycles. The number of ether oxygens (including phenoxy) is 5. The summed E-state index contributed by atoms with van der Waals surface area (Å²) in [4.78, 5) is 24.6. The van der Waals surface area contributed by atoms with Gasteiger partial charge >= 0.3 is 12.0 Å². The van der Waals surface area contributed by atoms with Crippen LogP contribution in [0.5, 0.6) is 23.0 Å². The number of carbonyl (C=O) groups excluding carboxylic acids is 2. The first-order valence-electron chi connectivity index (χ1n) is 14.1. The highest BCUT2D eigenvalue weighted by Crippen LogP contribution is 2.37. The standard InChI is InChI=1S/C32H34ClFN4O8/c1-5-44-25-14-21(29-28(31(40)43-4)18(2)36-32(41)37-29)8-11-24(25)45-17-27(39)38-35-15-20-12-23(33)30(26(13-20)42-3)46-16-19-6-9-22(34)10-7-19/h6-15,27,29,38-39H,5,16-17H2,1-4H3,(H2,36,37,41)/b35-15-/t27-,29+/m1/s1. The van der Waals surface area contributed by atoms with Gasteiger partial charge in [0.1, 0.15) is 19.0 Å². The molecule has 0 unspecified atom stereocenters. The number of benzene rings is 3. The molecule has 4 N–H and O–H groups in total. The van der Waals surface area contributed by atoms with Gasteiger partial charge in [-0.15, -0.1) is 0 Å². The van der Waals surface area contributed by atoms with Crippen molar-refractivity contribution in [3.05, 3.63) is 93.4 Å². The smallest absolute Gasteiger partial charge is 0.337 e. The molecule has 2 amide bonds. The fourth-order valence-electron chi connectivity index (χ4n) is 4.51. The fraction of sp³-hybridized carbons (Fsp3) is 0.281. The molecular formula is C32H34ClFN4O8. The SMILES string of the molecule is CCOc1cc([C@@H]2NC(=O)NC(C)=C2C(=O)OC)ccc1OC[C@@H](O)N/N=C\c1cc(Cl)c(OCc2ccc(F)cc2)c(OC)c1. The molecule has 3 aromatic rings. The summed E-state index contributed by atoms with van der Waals surface area (Å²) in [6, 6.07) is 12.9. The average molecular weight is 657 g/mol. The average Bonchev–Trinajstić information content (AvgIpc) is 3.03. The molecule has 0 radical (unpaired) electrons. The van der Waals surface area contributed by atoms with Crippen LogP contribution in [-0.4, -0.2) is 57.0 Å². The Hall–Kier alpha value is -5.01. The number of esters is 1. The maximum absolute atomic E-state index is 13.2. The van der Waals surface area contributed by atoms with E-state index in [1.165, 1.54) is 32.6 Å².